The fourth-order valence-electron chi connectivity index (χ4n) is 3.05. The average Bonchev–Trinajstić information content (AvgIpc) is 2.59. The van der Waals surface area contributed by atoms with E-state index >= 15 is 0 Å². The number of nitrogens with two attached hydrogens (primary N) is 1. The summed E-state index contributed by atoms with van der Waals surface area (Å²) in [5.41, 5.74) is 5.98. The largest absolute Gasteiger partial charge is 0.494 e. The summed E-state index contributed by atoms with van der Waals surface area (Å²) in [4.78, 5) is 36.9. The van der Waals surface area contributed by atoms with Crippen molar-refractivity contribution >= 4 is 17.6 Å². The van der Waals surface area contributed by atoms with Gasteiger partial charge in [0.2, 0.25) is 11.8 Å². The van der Waals surface area contributed by atoms with Gasteiger partial charge in [0.05, 0.1) is 12.5 Å². The summed E-state index contributed by atoms with van der Waals surface area (Å²) in [5.74, 6) is 0.0626. The molecule has 25 heavy (non-hydrogen) atoms. The van der Waals surface area contributed by atoms with E-state index in [0.29, 0.717) is 37.3 Å². The Labute approximate surface area is 148 Å². The fraction of sp³-hybridized carbons (Fsp3) is 0.526. The summed E-state index contributed by atoms with van der Waals surface area (Å²) >= 11 is 0. The number of hydrogen-bond acceptors (Lipinski definition) is 4. The summed E-state index contributed by atoms with van der Waals surface area (Å²) in [7, 11) is 0. The molecule has 6 nitrogen and oxygen atoms in total. The van der Waals surface area contributed by atoms with Crippen molar-refractivity contribution in [3.05, 3.63) is 29.8 Å². The van der Waals surface area contributed by atoms with Gasteiger partial charge >= 0.3 is 0 Å². The number of likely N-dealkylation sites (tertiary alicyclic amines) is 1. The minimum absolute atomic E-state index is 0.0104. The van der Waals surface area contributed by atoms with Crippen LogP contribution in [0.5, 0.6) is 5.75 Å². The van der Waals surface area contributed by atoms with Crippen molar-refractivity contribution in [2.45, 2.75) is 45.6 Å². The number of ketones is 1. The lowest BCUT2D eigenvalue weighted by Gasteiger charge is -2.37. The Hall–Kier alpha value is -2.37. The number of rotatable bonds is 7. The number of hydrogen-bond donors (Lipinski definition) is 1. The van der Waals surface area contributed by atoms with Crippen LogP contribution in [-0.2, 0) is 9.59 Å². The average molecular weight is 346 g/mol. The molecule has 0 aromatic heterocycles. The van der Waals surface area contributed by atoms with Gasteiger partial charge in [-0.3, -0.25) is 14.4 Å². The molecule has 1 saturated heterocycles. The van der Waals surface area contributed by atoms with Gasteiger partial charge in [0, 0.05) is 24.6 Å². The van der Waals surface area contributed by atoms with Crippen molar-refractivity contribution in [3.63, 3.8) is 0 Å². The van der Waals surface area contributed by atoms with Crippen LogP contribution in [0.25, 0.3) is 0 Å². The molecular formula is C19H26N2O4. The molecule has 0 radical (unpaired) electrons. The van der Waals surface area contributed by atoms with Gasteiger partial charge < -0.3 is 15.4 Å². The third kappa shape index (κ3) is 5.31. The number of piperidine rings is 1. The van der Waals surface area contributed by atoms with E-state index < -0.39 is 0 Å². The van der Waals surface area contributed by atoms with Crippen LogP contribution in [0.4, 0.5) is 0 Å². The molecule has 0 saturated carbocycles. The second-order valence-corrected chi connectivity index (χ2v) is 6.61. The first kappa shape index (κ1) is 19.0. The van der Waals surface area contributed by atoms with Crippen LogP contribution in [0.15, 0.2) is 24.3 Å². The molecule has 1 aromatic carbocycles. The molecule has 1 fully saturated rings. The van der Waals surface area contributed by atoms with Crippen molar-refractivity contribution in [3.8, 4) is 5.75 Å². The Balaban J connectivity index is 1.79. The van der Waals surface area contributed by atoms with Gasteiger partial charge in [0.15, 0.2) is 5.78 Å². The van der Waals surface area contributed by atoms with Gasteiger partial charge in [-0.15, -0.1) is 0 Å². The van der Waals surface area contributed by atoms with Gasteiger partial charge in [-0.25, -0.2) is 0 Å². The van der Waals surface area contributed by atoms with E-state index in [-0.39, 0.29) is 29.6 Å². The zero-order chi connectivity index (χ0) is 18.4. The maximum atomic E-state index is 12.4. The van der Waals surface area contributed by atoms with Crippen molar-refractivity contribution in [2.75, 3.05) is 13.2 Å². The van der Waals surface area contributed by atoms with Crippen molar-refractivity contribution < 1.29 is 19.1 Å². The first-order chi connectivity index (χ1) is 11.9. The van der Waals surface area contributed by atoms with Crippen molar-refractivity contribution in [1.82, 2.24) is 4.90 Å². The fourth-order valence-corrected chi connectivity index (χ4v) is 3.05. The predicted molar refractivity (Wildman–Crippen MR) is 94.3 cm³/mol. The van der Waals surface area contributed by atoms with Crippen LogP contribution in [0.2, 0.25) is 0 Å². The second kappa shape index (κ2) is 8.65. The number of nitrogens with zero attached hydrogens (tertiary/aromatic N) is 1. The number of ether oxygens (including phenoxy) is 1. The van der Waals surface area contributed by atoms with E-state index in [4.69, 9.17) is 10.5 Å². The number of carbonyl (C=O) groups excluding carboxylic acids is 3. The zero-order valence-electron chi connectivity index (χ0n) is 14.9. The number of Topliss-reactive ketones (excluding diaryl/α,β-unsaturated/α-hetero) is 1. The highest BCUT2D eigenvalue weighted by atomic mass is 16.5. The molecule has 2 N–H and O–H groups in total. The molecule has 2 rings (SSSR count). The van der Waals surface area contributed by atoms with Crippen LogP contribution in [0, 0.1) is 5.92 Å². The highest BCUT2D eigenvalue weighted by Crippen LogP contribution is 2.22. The first-order valence-electron chi connectivity index (χ1n) is 8.71. The number of primary amides is 1. The summed E-state index contributed by atoms with van der Waals surface area (Å²) in [6, 6.07) is 7.14. The van der Waals surface area contributed by atoms with Crippen LogP contribution in [-0.4, -0.2) is 41.7 Å². The van der Waals surface area contributed by atoms with Crippen LogP contribution in [0.3, 0.4) is 0 Å². The number of benzene rings is 1. The lowest BCUT2D eigenvalue weighted by molar-refractivity contribution is -0.137. The van der Waals surface area contributed by atoms with E-state index in [1.54, 1.807) is 29.2 Å². The standard InChI is InChI=1S/C19H26N2O4/c1-13-8-9-16(19(20)24)12-21(13)18(23)7-4-10-25-17-6-3-5-15(11-17)14(2)22/h3,5-6,11,13,16H,4,7-10,12H2,1-2H3,(H2,20,24)/t13-,16-/m0/s1. The Morgan fingerprint density at radius 1 is 1.28 bits per heavy atom. The Kier molecular flexibility index (Phi) is 6.56. The van der Waals surface area contributed by atoms with Crippen molar-refractivity contribution in [1.29, 1.82) is 0 Å². The first-order valence-corrected chi connectivity index (χ1v) is 8.71. The molecule has 136 valence electrons. The maximum absolute atomic E-state index is 12.4. The Bertz CT molecular complexity index is 644. The second-order valence-electron chi connectivity index (χ2n) is 6.61. The van der Waals surface area contributed by atoms with Gasteiger partial charge in [0.1, 0.15) is 5.75 Å². The topological polar surface area (TPSA) is 89.7 Å². The normalized spacial score (nSPS) is 20.2. The monoisotopic (exact) mass is 346 g/mol. The van der Waals surface area contributed by atoms with E-state index in [1.807, 2.05) is 6.92 Å². The lowest BCUT2D eigenvalue weighted by atomic mass is 9.92. The molecule has 0 spiro atoms. The summed E-state index contributed by atoms with van der Waals surface area (Å²) < 4.78 is 5.62. The molecule has 2 amide bonds. The molecule has 1 heterocycles. The van der Waals surface area contributed by atoms with E-state index in [1.165, 1.54) is 6.92 Å². The maximum Gasteiger partial charge on any atom is 0.222 e. The summed E-state index contributed by atoms with van der Waals surface area (Å²) in [6.07, 6.45) is 2.49. The van der Waals surface area contributed by atoms with Gasteiger partial charge in [-0.2, -0.15) is 0 Å². The summed E-state index contributed by atoms with van der Waals surface area (Å²) in [5, 5.41) is 0. The highest BCUT2D eigenvalue weighted by Gasteiger charge is 2.31. The molecule has 6 heteroatoms. The Morgan fingerprint density at radius 2 is 2.04 bits per heavy atom. The minimum atomic E-state index is -0.335. The van der Waals surface area contributed by atoms with Gasteiger partial charge in [0.25, 0.3) is 0 Å². The molecule has 1 aliphatic rings. The predicted octanol–water partition coefficient (Wildman–Crippen LogP) is 2.16. The highest BCUT2D eigenvalue weighted by molar-refractivity contribution is 5.94. The SMILES string of the molecule is CC(=O)c1cccc(OCCCC(=O)N2C[C@@H](C(N)=O)CC[C@@H]2C)c1. The molecule has 0 unspecified atom stereocenters. The van der Waals surface area contributed by atoms with Gasteiger partial charge in [-0.05, 0) is 45.2 Å². The Morgan fingerprint density at radius 3 is 2.72 bits per heavy atom. The van der Waals surface area contributed by atoms with Crippen LogP contribution >= 0.6 is 0 Å². The third-order valence-electron chi connectivity index (χ3n) is 4.65. The van der Waals surface area contributed by atoms with Gasteiger partial charge in [-0.1, -0.05) is 12.1 Å². The zero-order valence-corrected chi connectivity index (χ0v) is 14.9. The molecule has 0 bridgehead atoms. The molecule has 1 aromatic rings. The van der Waals surface area contributed by atoms with E-state index in [0.717, 1.165) is 12.8 Å². The van der Waals surface area contributed by atoms with E-state index in [9.17, 15) is 14.4 Å². The lowest BCUT2D eigenvalue weighted by Crippen LogP contribution is -2.48. The van der Waals surface area contributed by atoms with E-state index in [2.05, 4.69) is 0 Å². The smallest absolute Gasteiger partial charge is 0.222 e. The van der Waals surface area contributed by atoms with Crippen LogP contribution < -0.4 is 10.5 Å². The quantitative estimate of drug-likeness (QED) is 0.605. The molecule has 1 aliphatic heterocycles. The summed E-state index contributed by atoms with van der Waals surface area (Å²) in [6.45, 7) is 4.32. The van der Waals surface area contributed by atoms with Crippen LogP contribution in [0.1, 0.15) is 49.9 Å². The van der Waals surface area contributed by atoms with Crippen molar-refractivity contribution in [2.24, 2.45) is 11.7 Å². The third-order valence-corrected chi connectivity index (χ3v) is 4.65. The molecule has 0 aliphatic carbocycles. The number of carbonyl (C=O) groups is 3. The number of amides is 2. The molecular weight excluding hydrogens is 320 g/mol. The minimum Gasteiger partial charge on any atom is -0.494 e. The molecule has 2 atom stereocenters.